The molecular weight excluding hydrogens is 468 g/mol. The first-order chi connectivity index (χ1) is 15.7. The van der Waals surface area contributed by atoms with Crippen molar-refractivity contribution in [1.82, 2.24) is 0 Å². The van der Waals surface area contributed by atoms with Crippen LogP contribution in [0, 0.1) is 0 Å². The van der Waals surface area contributed by atoms with Gasteiger partial charge in [-0.2, -0.15) is 0 Å². The predicted octanol–water partition coefficient (Wildman–Crippen LogP) is 5.87. The Kier molecular flexibility index (Phi) is 5.82. The second kappa shape index (κ2) is 8.89. The van der Waals surface area contributed by atoms with E-state index < -0.39 is 8.07 Å². The van der Waals surface area contributed by atoms with Crippen LogP contribution in [0.2, 0.25) is 0 Å². The highest BCUT2D eigenvalue weighted by Gasteiger charge is 2.55. The van der Waals surface area contributed by atoms with Gasteiger partial charge in [-0.05, 0) is 33.1 Å². The summed E-state index contributed by atoms with van der Waals surface area (Å²) in [6, 6.07) is 44.1. The molecule has 32 heavy (non-hydrogen) atoms. The molecule has 0 aromatic heterocycles. The quantitative estimate of drug-likeness (QED) is 0.185. The topological polar surface area (TPSA) is 0 Å². The van der Waals surface area contributed by atoms with Gasteiger partial charge in [-0.25, -0.2) is 0 Å². The maximum atomic E-state index is 4.40. The molecule has 156 valence electrons. The lowest BCUT2D eigenvalue weighted by Crippen LogP contribution is -2.77. The van der Waals surface area contributed by atoms with Gasteiger partial charge in [0.2, 0.25) is 0 Å². The van der Waals surface area contributed by atoms with Crippen molar-refractivity contribution in [2.24, 2.45) is 0 Å². The van der Waals surface area contributed by atoms with Gasteiger partial charge in [0.1, 0.15) is 0 Å². The van der Waals surface area contributed by atoms with E-state index in [1.54, 1.807) is 0 Å². The van der Waals surface area contributed by atoms with Crippen molar-refractivity contribution in [3.8, 4) is 0 Å². The van der Waals surface area contributed by atoms with Crippen molar-refractivity contribution in [3.05, 3.63) is 145 Å². The lowest BCUT2D eigenvalue weighted by atomic mass is 9.97. The molecule has 1 atom stereocenters. The number of benzene rings is 4. The monoisotopic (exact) mass is 492 g/mol. The van der Waals surface area contributed by atoms with E-state index in [1.165, 1.54) is 26.7 Å². The molecule has 0 bridgehead atoms. The van der Waals surface area contributed by atoms with Gasteiger partial charge in [-0.3, -0.25) is 0 Å². The molecule has 0 amide bonds. The molecule has 1 aliphatic rings. The van der Waals surface area contributed by atoms with Gasteiger partial charge in [0.05, 0.1) is 3.95 Å². The molecule has 0 N–H and O–H groups in total. The zero-order chi connectivity index (χ0) is 21.9. The van der Waals surface area contributed by atoms with Gasteiger partial charge in [-0.1, -0.05) is 155 Å². The third kappa shape index (κ3) is 3.54. The van der Waals surface area contributed by atoms with Gasteiger partial charge in [0.15, 0.2) is 8.07 Å². The maximum absolute atomic E-state index is 4.40. The van der Waals surface area contributed by atoms with Crippen LogP contribution >= 0.6 is 15.9 Å². The standard InChI is InChI=1S/C30H25BrSi/c31-30(23-13-16-26(24-30)25-14-5-1-6-15-25)32(27-17-7-2-8-18-27,28-19-9-3-10-20-28)29-21-11-4-12-22-29/h1-23H,24H2. The van der Waals surface area contributed by atoms with Crippen LogP contribution in [0.3, 0.4) is 0 Å². The van der Waals surface area contributed by atoms with Crippen molar-refractivity contribution < 1.29 is 0 Å². The van der Waals surface area contributed by atoms with E-state index >= 15 is 0 Å². The lowest BCUT2D eigenvalue weighted by molar-refractivity contribution is 0.978. The minimum absolute atomic E-state index is 0.218. The molecule has 0 spiro atoms. The van der Waals surface area contributed by atoms with Gasteiger partial charge < -0.3 is 0 Å². The molecule has 0 aliphatic heterocycles. The van der Waals surface area contributed by atoms with Crippen LogP contribution in [0.1, 0.15) is 12.0 Å². The Balaban J connectivity index is 1.79. The van der Waals surface area contributed by atoms with Crippen molar-refractivity contribution >= 4 is 45.1 Å². The van der Waals surface area contributed by atoms with Crippen LogP contribution in [0.4, 0.5) is 0 Å². The van der Waals surface area contributed by atoms with Gasteiger partial charge in [0.25, 0.3) is 0 Å². The first-order valence-corrected chi connectivity index (χ1v) is 13.8. The van der Waals surface area contributed by atoms with Crippen molar-refractivity contribution in [1.29, 1.82) is 0 Å². The molecule has 2 heteroatoms. The van der Waals surface area contributed by atoms with Crippen LogP contribution in [-0.4, -0.2) is 12.0 Å². The Bertz CT molecular complexity index is 1130. The van der Waals surface area contributed by atoms with Gasteiger partial charge in [-0.15, -0.1) is 0 Å². The number of hydrogen-bond donors (Lipinski definition) is 0. The Morgan fingerprint density at radius 3 is 1.41 bits per heavy atom. The van der Waals surface area contributed by atoms with E-state index in [4.69, 9.17) is 0 Å². The van der Waals surface area contributed by atoms with E-state index in [1.807, 2.05) is 0 Å². The van der Waals surface area contributed by atoms with Crippen LogP contribution < -0.4 is 15.6 Å². The first kappa shape index (κ1) is 20.9. The van der Waals surface area contributed by atoms with E-state index in [0.29, 0.717) is 0 Å². The fourth-order valence-corrected chi connectivity index (χ4v) is 12.9. The number of rotatable bonds is 5. The molecular formula is C30H25BrSi. The lowest BCUT2D eigenvalue weighted by Gasteiger charge is -2.47. The smallest absolute Gasteiger partial charge is 0.0827 e. The summed E-state index contributed by atoms with van der Waals surface area (Å²) < 4.78 is -0.218. The van der Waals surface area contributed by atoms with Crippen LogP contribution in [0.15, 0.2) is 140 Å². The first-order valence-electron chi connectivity index (χ1n) is 11.0. The van der Waals surface area contributed by atoms with E-state index in [2.05, 4.69) is 155 Å². The van der Waals surface area contributed by atoms with Crippen LogP contribution in [-0.2, 0) is 0 Å². The van der Waals surface area contributed by atoms with Crippen molar-refractivity contribution in [2.45, 2.75) is 10.4 Å². The molecule has 0 nitrogen and oxygen atoms in total. The third-order valence-corrected chi connectivity index (χ3v) is 14.0. The summed E-state index contributed by atoms with van der Waals surface area (Å²) in [5, 5.41) is 4.23. The summed E-state index contributed by atoms with van der Waals surface area (Å²) in [6.07, 6.45) is 7.85. The third-order valence-electron chi connectivity index (χ3n) is 6.49. The van der Waals surface area contributed by atoms with Crippen LogP contribution in [0.25, 0.3) is 5.57 Å². The molecule has 0 saturated heterocycles. The van der Waals surface area contributed by atoms with Crippen LogP contribution in [0.5, 0.6) is 0 Å². The molecule has 0 radical (unpaired) electrons. The summed E-state index contributed by atoms with van der Waals surface area (Å²) in [5.74, 6) is 0. The summed E-state index contributed by atoms with van der Waals surface area (Å²) in [4.78, 5) is 0. The second-order valence-electron chi connectivity index (χ2n) is 8.30. The molecule has 0 heterocycles. The molecule has 1 unspecified atom stereocenters. The molecule has 1 aliphatic carbocycles. The van der Waals surface area contributed by atoms with E-state index in [9.17, 15) is 0 Å². The highest BCUT2D eigenvalue weighted by Crippen LogP contribution is 2.42. The Labute approximate surface area is 200 Å². The SMILES string of the molecule is BrC1([Si](c2ccccc2)(c2ccccc2)c2ccccc2)C=CC=C(c2ccccc2)C1. The Hall–Kier alpha value is -2.94. The molecule has 0 fully saturated rings. The zero-order valence-electron chi connectivity index (χ0n) is 17.9. The number of halogens is 1. The molecule has 4 aromatic rings. The largest absolute Gasteiger partial charge is 0.169 e. The normalized spacial score (nSPS) is 18.2. The predicted molar refractivity (Wildman–Crippen MR) is 144 cm³/mol. The molecule has 4 aromatic carbocycles. The highest BCUT2D eigenvalue weighted by atomic mass is 79.9. The summed E-state index contributed by atoms with van der Waals surface area (Å²) in [6.45, 7) is 0. The second-order valence-corrected chi connectivity index (χ2v) is 14.6. The Morgan fingerprint density at radius 2 is 0.969 bits per heavy atom. The average molecular weight is 494 g/mol. The number of allylic oxidation sites excluding steroid dienone is 4. The highest BCUT2D eigenvalue weighted by molar-refractivity contribution is 9.10. The average Bonchev–Trinajstić information content (AvgIpc) is 2.87. The van der Waals surface area contributed by atoms with Gasteiger partial charge in [0, 0.05) is 0 Å². The van der Waals surface area contributed by atoms with Gasteiger partial charge >= 0.3 is 0 Å². The Morgan fingerprint density at radius 1 is 0.562 bits per heavy atom. The fraction of sp³-hybridized carbons (Fsp3) is 0.0667. The van der Waals surface area contributed by atoms with E-state index in [-0.39, 0.29) is 3.95 Å². The molecule has 5 rings (SSSR count). The number of hydrogen-bond acceptors (Lipinski definition) is 0. The molecule has 0 saturated carbocycles. The minimum Gasteiger partial charge on any atom is -0.0827 e. The zero-order valence-corrected chi connectivity index (χ0v) is 20.5. The van der Waals surface area contributed by atoms with E-state index in [0.717, 1.165) is 6.42 Å². The minimum atomic E-state index is -2.53. The number of alkyl halides is 1. The summed E-state index contributed by atoms with van der Waals surface area (Å²) in [5.41, 5.74) is 2.66. The summed E-state index contributed by atoms with van der Waals surface area (Å²) >= 11 is 4.40. The van der Waals surface area contributed by atoms with Crippen molar-refractivity contribution in [3.63, 3.8) is 0 Å². The fourth-order valence-electron chi connectivity index (χ4n) is 5.10. The maximum Gasteiger partial charge on any atom is 0.169 e. The summed E-state index contributed by atoms with van der Waals surface area (Å²) in [7, 11) is -2.53. The van der Waals surface area contributed by atoms with Crippen molar-refractivity contribution in [2.75, 3.05) is 0 Å².